The molecule has 1 aliphatic heterocycles. The predicted molar refractivity (Wildman–Crippen MR) is 81.5 cm³/mol. The van der Waals surface area contributed by atoms with Crippen molar-refractivity contribution in [3.8, 4) is 0 Å². The van der Waals surface area contributed by atoms with Crippen LogP contribution in [0.25, 0.3) is 0 Å². The summed E-state index contributed by atoms with van der Waals surface area (Å²) in [5.41, 5.74) is 0.277. The molecule has 0 aliphatic carbocycles. The normalized spacial score (nSPS) is 19.4. The van der Waals surface area contributed by atoms with Crippen LogP contribution in [0.4, 0.5) is 10.5 Å². The van der Waals surface area contributed by atoms with Crippen LogP contribution in [0.15, 0.2) is 22.7 Å². The molecule has 3 N–H and O–H groups in total. The lowest BCUT2D eigenvalue weighted by Gasteiger charge is -2.19. The van der Waals surface area contributed by atoms with E-state index in [0.717, 1.165) is 6.42 Å². The molecule has 0 radical (unpaired) electrons. The third-order valence-electron chi connectivity index (χ3n) is 3.67. The maximum absolute atomic E-state index is 12.2. The van der Waals surface area contributed by atoms with Crippen LogP contribution in [-0.4, -0.2) is 46.3 Å². The zero-order chi connectivity index (χ0) is 15.6. The lowest BCUT2D eigenvalue weighted by atomic mass is 10.0. The van der Waals surface area contributed by atoms with Crippen molar-refractivity contribution in [2.75, 3.05) is 18.4 Å². The SMILES string of the molecule is CC(O)C1CCN(C(=O)Nc2c(Br)cccc2C(=O)O)C1. The van der Waals surface area contributed by atoms with Gasteiger partial charge in [0.1, 0.15) is 0 Å². The van der Waals surface area contributed by atoms with Crippen molar-refractivity contribution in [2.24, 2.45) is 5.92 Å². The number of amides is 2. The first kappa shape index (κ1) is 15.8. The summed E-state index contributed by atoms with van der Waals surface area (Å²) in [6.45, 7) is 2.73. The molecule has 1 aromatic rings. The number of carbonyl (C=O) groups is 2. The van der Waals surface area contributed by atoms with Gasteiger partial charge in [-0.3, -0.25) is 0 Å². The Hall–Kier alpha value is -1.60. The van der Waals surface area contributed by atoms with E-state index in [0.29, 0.717) is 17.6 Å². The van der Waals surface area contributed by atoms with Gasteiger partial charge in [-0.1, -0.05) is 6.07 Å². The minimum absolute atomic E-state index is 0.0315. The van der Waals surface area contributed by atoms with E-state index < -0.39 is 12.1 Å². The number of aliphatic hydroxyl groups is 1. The second-order valence-corrected chi connectivity index (χ2v) is 5.99. The average Bonchev–Trinajstić information content (AvgIpc) is 2.90. The van der Waals surface area contributed by atoms with E-state index in [1.54, 1.807) is 24.0 Å². The maximum Gasteiger partial charge on any atom is 0.337 e. The standard InChI is InChI=1S/C14H17BrN2O4/c1-8(18)9-5-6-17(7-9)14(21)16-12-10(13(19)20)3-2-4-11(12)15/h2-4,8-9,18H,5-7H2,1H3,(H,16,21)(H,19,20). The van der Waals surface area contributed by atoms with Gasteiger partial charge in [0.2, 0.25) is 0 Å². The van der Waals surface area contributed by atoms with Gasteiger partial charge in [-0.25, -0.2) is 9.59 Å². The number of carboxylic acid groups (broad SMARTS) is 1. The fourth-order valence-corrected chi connectivity index (χ4v) is 2.85. The van der Waals surface area contributed by atoms with Crippen molar-refractivity contribution in [3.05, 3.63) is 28.2 Å². The number of carbonyl (C=O) groups excluding carboxylic acids is 1. The molecule has 0 bridgehead atoms. The molecule has 7 heteroatoms. The van der Waals surface area contributed by atoms with E-state index in [9.17, 15) is 14.7 Å². The first-order valence-corrected chi connectivity index (χ1v) is 7.45. The number of halogens is 1. The number of aliphatic hydroxyl groups excluding tert-OH is 1. The zero-order valence-electron chi connectivity index (χ0n) is 11.5. The molecular formula is C14H17BrN2O4. The Morgan fingerprint density at radius 3 is 2.76 bits per heavy atom. The van der Waals surface area contributed by atoms with Gasteiger partial charge in [0.15, 0.2) is 0 Å². The highest BCUT2D eigenvalue weighted by Crippen LogP contribution is 2.28. The number of benzene rings is 1. The molecule has 0 aromatic heterocycles. The summed E-state index contributed by atoms with van der Waals surface area (Å²) >= 11 is 3.25. The van der Waals surface area contributed by atoms with Gasteiger partial charge >= 0.3 is 12.0 Å². The Morgan fingerprint density at radius 1 is 1.48 bits per heavy atom. The topological polar surface area (TPSA) is 89.9 Å². The van der Waals surface area contributed by atoms with E-state index in [4.69, 9.17) is 5.11 Å². The Kier molecular flexibility index (Phi) is 4.84. The quantitative estimate of drug-likeness (QED) is 0.775. The average molecular weight is 357 g/mol. The van der Waals surface area contributed by atoms with E-state index in [1.165, 1.54) is 6.07 Å². The molecule has 0 saturated carbocycles. The smallest absolute Gasteiger partial charge is 0.337 e. The molecule has 1 saturated heterocycles. The van der Waals surface area contributed by atoms with E-state index >= 15 is 0 Å². The van der Waals surface area contributed by atoms with E-state index in [1.807, 2.05) is 0 Å². The largest absolute Gasteiger partial charge is 0.478 e. The summed E-state index contributed by atoms with van der Waals surface area (Å²) in [6.07, 6.45) is 0.285. The third kappa shape index (κ3) is 3.54. The van der Waals surface area contributed by atoms with Crippen molar-refractivity contribution in [2.45, 2.75) is 19.4 Å². The molecule has 6 nitrogen and oxygen atoms in total. The van der Waals surface area contributed by atoms with Gasteiger partial charge in [0, 0.05) is 23.5 Å². The van der Waals surface area contributed by atoms with Crippen LogP contribution in [-0.2, 0) is 0 Å². The molecule has 1 heterocycles. The zero-order valence-corrected chi connectivity index (χ0v) is 13.1. The highest BCUT2D eigenvalue weighted by molar-refractivity contribution is 9.10. The van der Waals surface area contributed by atoms with Crippen LogP contribution in [0, 0.1) is 5.92 Å². The number of nitrogens with one attached hydrogen (secondary N) is 1. The fourth-order valence-electron chi connectivity index (χ4n) is 2.38. The van der Waals surface area contributed by atoms with E-state index in [2.05, 4.69) is 21.2 Å². The lowest BCUT2D eigenvalue weighted by Crippen LogP contribution is -2.34. The van der Waals surface area contributed by atoms with Gasteiger partial charge in [-0.05, 0) is 41.4 Å². The number of likely N-dealkylation sites (tertiary alicyclic amines) is 1. The molecule has 2 atom stereocenters. The number of nitrogens with zero attached hydrogens (tertiary/aromatic N) is 1. The first-order valence-electron chi connectivity index (χ1n) is 6.66. The minimum Gasteiger partial charge on any atom is -0.478 e. The Bertz CT molecular complexity index is 562. The summed E-state index contributed by atoms with van der Waals surface area (Å²) in [5.74, 6) is -1.04. The molecule has 2 unspecified atom stereocenters. The van der Waals surface area contributed by atoms with Gasteiger partial charge in [-0.15, -0.1) is 0 Å². The number of hydrogen-bond donors (Lipinski definition) is 3. The van der Waals surface area contributed by atoms with Gasteiger partial charge in [0.05, 0.1) is 17.4 Å². The van der Waals surface area contributed by atoms with Gasteiger partial charge in [-0.2, -0.15) is 0 Å². The summed E-state index contributed by atoms with van der Waals surface area (Å²) in [5, 5.41) is 21.4. The van der Waals surface area contributed by atoms with Crippen molar-refractivity contribution < 1.29 is 19.8 Å². The highest BCUT2D eigenvalue weighted by Gasteiger charge is 2.29. The summed E-state index contributed by atoms with van der Waals surface area (Å²) in [7, 11) is 0. The number of carboxylic acids is 1. The Morgan fingerprint density at radius 2 is 2.19 bits per heavy atom. The van der Waals surface area contributed by atoms with Crippen molar-refractivity contribution in [1.29, 1.82) is 0 Å². The molecule has 1 aromatic carbocycles. The third-order valence-corrected chi connectivity index (χ3v) is 4.33. The van der Waals surface area contributed by atoms with Crippen LogP contribution in [0.1, 0.15) is 23.7 Å². The number of para-hydroxylation sites is 1. The van der Waals surface area contributed by atoms with Crippen molar-refractivity contribution in [3.63, 3.8) is 0 Å². The second kappa shape index (κ2) is 6.44. The summed E-state index contributed by atoms with van der Waals surface area (Å²) in [6, 6.07) is 4.35. The minimum atomic E-state index is -1.10. The number of rotatable bonds is 3. The Labute approximate surface area is 130 Å². The Balaban J connectivity index is 2.12. The fraction of sp³-hybridized carbons (Fsp3) is 0.429. The molecule has 1 aliphatic rings. The maximum atomic E-state index is 12.2. The molecule has 1 fully saturated rings. The number of anilines is 1. The van der Waals surface area contributed by atoms with Crippen LogP contribution >= 0.6 is 15.9 Å². The molecule has 114 valence electrons. The van der Waals surface area contributed by atoms with Crippen LogP contribution in [0.5, 0.6) is 0 Å². The lowest BCUT2D eigenvalue weighted by molar-refractivity contribution is 0.0698. The monoisotopic (exact) mass is 356 g/mol. The molecule has 21 heavy (non-hydrogen) atoms. The summed E-state index contributed by atoms with van der Waals surface area (Å²) in [4.78, 5) is 25.0. The van der Waals surface area contributed by atoms with Crippen molar-refractivity contribution in [1.82, 2.24) is 4.90 Å². The highest BCUT2D eigenvalue weighted by atomic mass is 79.9. The van der Waals surface area contributed by atoms with E-state index in [-0.39, 0.29) is 23.2 Å². The van der Waals surface area contributed by atoms with Crippen molar-refractivity contribution >= 4 is 33.6 Å². The van der Waals surface area contributed by atoms with Crippen LogP contribution < -0.4 is 5.32 Å². The molecule has 2 rings (SSSR count). The number of hydrogen-bond acceptors (Lipinski definition) is 3. The molecular weight excluding hydrogens is 340 g/mol. The molecule has 0 spiro atoms. The van der Waals surface area contributed by atoms with Crippen LogP contribution in [0.3, 0.4) is 0 Å². The van der Waals surface area contributed by atoms with Gasteiger partial charge < -0.3 is 20.4 Å². The number of aromatic carboxylic acids is 1. The second-order valence-electron chi connectivity index (χ2n) is 5.13. The predicted octanol–water partition coefficient (Wildman–Crippen LogP) is 2.38. The molecule has 2 amide bonds. The number of urea groups is 1. The summed E-state index contributed by atoms with van der Waals surface area (Å²) < 4.78 is 0.516. The van der Waals surface area contributed by atoms with Crippen LogP contribution in [0.2, 0.25) is 0 Å². The first-order chi connectivity index (χ1) is 9.90. The van der Waals surface area contributed by atoms with Gasteiger partial charge in [0.25, 0.3) is 0 Å².